The summed E-state index contributed by atoms with van der Waals surface area (Å²) >= 11 is 3.96. The number of aryl methyl sites for hydroxylation is 1. The average Bonchev–Trinajstić information content (AvgIpc) is 2.16. The molecule has 0 saturated heterocycles. The van der Waals surface area contributed by atoms with E-state index in [-0.39, 0.29) is 5.56 Å². The molecular weight excluding hydrogens is 196 g/mol. The lowest BCUT2D eigenvalue weighted by molar-refractivity contribution is 0.0697. The van der Waals surface area contributed by atoms with Gasteiger partial charge in [0.2, 0.25) is 0 Å². The zero-order valence-electron chi connectivity index (χ0n) is 7.74. The molecule has 3 heteroatoms. The fraction of sp³-hybridized carbons (Fsp3) is 0.182. The van der Waals surface area contributed by atoms with E-state index in [9.17, 15) is 4.79 Å². The van der Waals surface area contributed by atoms with Crippen LogP contribution < -0.4 is 0 Å². The Morgan fingerprint density at radius 1 is 1.57 bits per heavy atom. The van der Waals surface area contributed by atoms with Crippen molar-refractivity contribution < 1.29 is 9.90 Å². The summed E-state index contributed by atoms with van der Waals surface area (Å²) in [5.74, 6) is 5.20. The highest BCUT2D eigenvalue weighted by atomic mass is 32.1. The molecule has 0 heterocycles. The van der Waals surface area contributed by atoms with Gasteiger partial charge >= 0.3 is 5.97 Å². The summed E-state index contributed by atoms with van der Waals surface area (Å²) in [4.78, 5) is 10.7. The molecule has 0 aromatic heterocycles. The highest BCUT2D eigenvalue weighted by molar-refractivity contribution is 7.80. The zero-order chi connectivity index (χ0) is 10.6. The van der Waals surface area contributed by atoms with Gasteiger partial charge in [-0.1, -0.05) is 17.9 Å². The average molecular weight is 206 g/mol. The number of thiol groups is 1. The van der Waals surface area contributed by atoms with E-state index in [1.807, 2.05) is 6.92 Å². The molecule has 0 spiro atoms. The van der Waals surface area contributed by atoms with Crippen molar-refractivity contribution in [1.29, 1.82) is 0 Å². The molecule has 1 aromatic carbocycles. The number of rotatable bonds is 1. The van der Waals surface area contributed by atoms with Gasteiger partial charge in [-0.3, -0.25) is 0 Å². The lowest BCUT2D eigenvalue weighted by atomic mass is 10.1. The fourth-order valence-corrected chi connectivity index (χ4v) is 1.10. The second kappa shape index (κ2) is 4.73. The molecule has 1 aromatic rings. The Balaban J connectivity index is 3.14. The standard InChI is InChI=1S/C11H10O2S/c1-8-4-5-10(11(12)13)7-9(8)3-2-6-14/h4-5,7,14H,6H2,1H3,(H,12,13). The van der Waals surface area contributed by atoms with Crippen molar-refractivity contribution in [2.24, 2.45) is 0 Å². The van der Waals surface area contributed by atoms with Crippen LogP contribution in [0.2, 0.25) is 0 Å². The maximum Gasteiger partial charge on any atom is 0.335 e. The van der Waals surface area contributed by atoms with Crippen LogP contribution in [0.4, 0.5) is 0 Å². The Morgan fingerprint density at radius 3 is 2.86 bits per heavy atom. The van der Waals surface area contributed by atoms with E-state index in [0.717, 1.165) is 11.1 Å². The van der Waals surface area contributed by atoms with Crippen molar-refractivity contribution in [2.75, 3.05) is 5.75 Å². The van der Waals surface area contributed by atoms with Gasteiger partial charge in [0.1, 0.15) is 0 Å². The van der Waals surface area contributed by atoms with Crippen molar-refractivity contribution >= 4 is 18.6 Å². The number of hydrogen-bond acceptors (Lipinski definition) is 2. The second-order valence-corrected chi connectivity index (χ2v) is 3.11. The largest absolute Gasteiger partial charge is 0.478 e. The van der Waals surface area contributed by atoms with Gasteiger partial charge in [0, 0.05) is 5.56 Å². The maximum absolute atomic E-state index is 10.7. The van der Waals surface area contributed by atoms with Crippen molar-refractivity contribution in [3.63, 3.8) is 0 Å². The van der Waals surface area contributed by atoms with Gasteiger partial charge in [-0.25, -0.2) is 4.79 Å². The van der Waals surface area contributed by atoms with Crippen LogP contribution >= 0.6 is 12.6 Å². The Labute approximate surface area is 88.4 Å². The van der Waals surface area contributed by atoms with Crippen molar-refractivity contribution in [2.45, 2.75) is 6.92 Å². The summed E-state index contributed by atoms with van der Waals surface area (Å²) in [5, 5.41) is 8.76. The number of aromatic carboxylic acids is 1. The van der Waals surface area contributed by atoms with Crippen LogP contribution in [0.3, 0.4) is 0 Å². The van der Waals surface area contributed by atoms with Crippen LogP contribution in [-0.2, 0) is 0 Å². The SMILES string of the molecule is Cc1ccc(C(=O)O)cc1C#CCS. The van der Waals surface area contributed by atoms with Gasteiger partial charge in [-0.15, -0.1) is 0 Å². The summed E-state index contributed by atoms with van der Waals surface area (Å²) in [7, 11) is 0. The first-order chi connectivity index (χ1) is 6.65. The third-order valence-corrected chi connectivity index (χ3v) is 1.94. The zero-order valence-corrected chi connectivity index (χ0v) is 8.64. The molecule has 1 N–H and O–H groups in total. The number of benzene rings is 1. The Hall–Kier alpha value is -1.40. The molecule has 14 heavy (non-hydrogen) atoms. The lowest BCUT2D eigenvalue weighted by Gasteiger charge is -1.99. The topological polar surface area (TPSA) is 37.3 Å². The first-order valence-electron chi connectivity index (χ1n) is 4.09. The minimum Gasteiger partial charge on any atom is -0.478 e. The summed E-state index contributed by atoms with van der Waals surface area (Å²) in [6.07, 6.45) is 0. The smallest absolute Gasteiger partial charge is 0.335 e. The molecule has 0 aliphatic carbocycles. The Morgan fingerprint density at radius 2 is 2.29 bits per heavy atom. The third-order valence-electron chi connectivity index (χ3n) is 1.79. The highest BCUT2D eigenvalue weighted by Crippen LogP contribution is 2.09. The van der Waals surface area contributed by atoms with Crippen LogP contribution in [0.15, 0.2) is 18.2 Å². The molecule has 72 valence electrons. The van der Waals surface area contributed by atoms with Crippen molar-refractivity contribution in [3.05, 3.63) is 34.9 Å². The first kappa shape index (κ1) is 10.7. The molecule has 0 bridgehead atoms. The molecule has 0 aliphatic heterocycles. The predicted molar refractivity (Wildman–Crippen MR) is 58.9 cm³/mol. The van der Waals surface area contributed by atoms with E-state index < -0.39 is 5.97 Å². The van der Waals surface area contributed by atoms with E-state index in [2.05, 4.69) is 24.5 Å². The molecular formula is C11H10O2S. The molecule has 0 amide bonds. The van der Waals surface area contributed by atoms with E-state index >= 15 is 0 Å². The second-order valence-electron chi connectivity index (χ2n) is 2.79. The van der Waals surface area contributed by atoms with E-state index in [4.69, 9.17) is 5.11 Å². The van der Waals surface area contributed by atoms with Gasteiger partial charge in [0.05, 0.1) is 11.3 Å². The number of hydrogen-bond donors (Lipinski definition) is 2. The normalized spacial score (nSPS) is 9.00. The van der Waals surface area contributed by atoms with Gasteiger partial charge in [-0.2, -0.15) is 12.6 Å². The third kappa shape index (κ3) is 2.54. The van der Waals surface area contributed by atoms with Gasteiger partial charge < -0.3 is 5.11 Å². The highest BCUT2D eigenvalue weighted by Gasteiger charge is 2.03. The number of carbonyl (C=O) groups is 1. The van der Waals surface area contributed by atoms with E-state index in [1.165, 1.54) is 0 Å². The molecule has 2 nitrogen and oxygen atoms in total. The minimum atomic E-state index is -0.932. The summed E-state index contributed by atoms with van der Waals surface area (Å²) < 4.78 is 0. The van der Waals surface area contributed by atoms with E-state index in [1.54, 1.807) is 18.2 Å². The molecule has 0 unspecified atom stereocenters. The molecule has 0 atom stereocenters. The number of carboxylic acid groups (broad SMARTS) is 1. The first-order valence-corrected chi connectivity index (χ1v) is 4.72. The lowest BCUT2D eigenvalue weighted by Crippen LogP contribution is -1.97. The molecule has 0 radical (unpaired) electrons. The minimum absolute atomic E-state index is 0.263. The van der Waals surface area contributed by atoms with Gasteiger partial charge in [0.15, 0.2) is 0 Å². The Bertz CT molecular complexity index is 413. The van der Waals surface area contributed by atoms with Crippen LogP contribution in [-0.4, -0.2) is 16.8 Å². The number of carboxylic acids is 1. The molecule has 0 saturated carbocycles. The van der Waals surface area contributed by atoms with Crippen molar-refractivity contribution in [1.82, 2.24) is 0 Å². The van der Waals surface area contributed by atoms with Crippen LogP contribution in [0.1, 0.15) is 21.5 Å². The molecule has 0 fully saturated rings. The van der Waals surface area contributed by atoms with Gasteiger partial charge in [-0.05, 0) is 24.6 Å². The van der Waals surface area contributed by atoms with Gasteiger partial charge in [0.25, 0.3) is 0 Å². The summed E-state index contributed by atoms with van der Waals surface area (Å²) in [6.45, 7) is 1.90. The van der Waals surface area contributed by atoms with E-state index in [0.29, 0.717) is 5.75 Å². The fourth-order valence-electron chi connectivity index (χ4n) is 1.02. The molecule has 1 rings (SSSR count). The van der Waals surface area contributed by atoms with Crippen LogP contribution in [0.5, 0.6) is 0 Å². The summed E-state index contributed by atoms with van der Waals surface area (Å²) in [5.41, 5.74) is 1.99. The quantitative estimate of drug-likeness (QED) is 0.544. The monoisotopic (exact) mass is 206 g/mol. The predicted octanol–water partition coefficient (Wildman–Crippen LogP) is 1.97. The van der Waals surface area contributed by atoms with Crippen molar-refractivity contribution in [3.8, 4) is 11.8 Å². The molecule has 0 aliphatic rings. The van der Waals surface area contributed by atoms with Crippen LogP contribution in [0, 0.1) is 18.8 Å². The maximum atomic E-state index is 10.7. The Kier molecular flexibility index (Phi) is 3.61. The van der Waals surface area contributed by atoms with Crippen LogP contribution in [0.25, 0.3) is 0 Å². The summed E-state index contributed by atoms with van der Waals surface area (Å²) in [6, 6.07) is 4.91.